The van der Waals surface area contributed by atoms with Crippen molar-refractivity contribution in [2.75, 3.05) is 37.6 Å². The van der Waals surface area contributed by atoms with Crippen molar-refractivity contribution >= 4 is 5.69 Å². The second kappa shape index (κ2) is 9.72. The first-order valence-electron chi connectivity index (χ1n) is 10.4. The zero-order chi connectivity index (χ0) is 20.8. The Hall–Kier alpha value is -2.92. The van der Waals surface area contributed by atoms with E-state index in [1.165, 1.54) is 11.8 Å². The summed E-state index contributed by atoms with van der Waals surface area (Å²) in [5.41, 5.74) is 2.30. The number of benzene rings is 3. The first-order chi connectivity index (χ1) is 14.7. The quantitative estimate of drug-likeness (QED) is 0.528. The molecule has 5 heteroatoms. The van der Waals surface area contributed by atoms with Crippen LogP contribution in [0.25, 0.3) is 0 Å². The maximum Gasteiger partial charge on any atom is 0.162 e. The number of rotatable bonds is 7. The Morgan fingerprint density at radius 3 is 2.10 bits per heavy atom. The number of hydrogen-bond donors (Lipinski definition) is 0. The summed E-state index contributed by atoms with van der Waals surface area (Å²) in [7, 11) is 0. The molecular formula is C25H26F2N2O. The summed E-state index contributed by atoms with van der Waals surface area (Å²) in [6, 6.07) is 24.1. The molecule has 0 N–H and O–H groups in total. The molecule has 1 saturated heterocycles. The molecule has 3 aromatic rings. The monoisotopic (exact) mass is 408 g/mol. The lowest BCUT2D eigenvalue weighted by atomic mass is 10.1. The number of para-hydroxylation sites is 1. The van der Waals surface area contributed by atoms with Crippen LogP contribution in [-0.4, -0.2) is 37.6 Å². The molecule has 1 aliphatic heterocycles. The highest BCUT2D eigenvalue weighted by molar-refractivity contribution is 5.46. The summed E-state index contributed by atoms with van der Waals surface area (Å²) in [6.45, 7) is 4.84. The minimum atomic E-state index is -0.892. The molecule has 0 aromatic heterocycles. The second-order valence-corrected chi connectivity index (χ2v) is 7.55. The van der Waals surface area contributed by atoms with Crippen LogP contribution >= 0.6 is 0 Å². The predicted octanol–water partition coefficient (Wildman–Crippen LogP) is 5.30. The number of nitrogens with zero attached hydrogens (tertiary/aromatic N) is 2. The largest absolute Gasteiger partial charge is 0.486 e. The normalized spacial score (nSPS) is 15.7. The highest BCUT2D eigenvalue weighted by Crippen LogP contribution is 2.27. The zero-order valence-electron chi connectivity index (χ0n) is 16.9. The van der Waals surface area contributed by atoms with Gasteiger partial charge >= 0.3 is 0 Å². The van der Waals surface area contributed by atoms with Crippen LogP contribution < -0.4 is 9.64 Å². The van der Waals surface area contributed by atoms with E-state index in [1.54, 1.807) is 0 Å². The van der Waals surface area contributed by atoms with Crippen LogP contribution in [-0.2, 0) is 0 Å². The number of anilines is 1. The van der Waals surface area contributed by atoms with E-state index < -0.39 is 11.6 Å². The van der Waals surface area contributed by atoms with Crippen LogP contribution in [0.1, 0.15) is 18.1 Å². The fourth-order valence-electron chi connectivity index (χ4n) is 3.84. The van der Waals surface area contributed by atoms with E-state index in [4.69, 9.17) is 4.74 Å². The lowest BCUT2D eigenvalue weighted by molar-refractivity contribution is 0.159. The van der Waals surface area contributed by atoms with Gasteiger partial charge in [0.15, 0.2) is 11.6 Å². The van der Waals surface area contributed by atoms with Gasteiger partial charge in [-0.3, -0.25) is 4.90 Å². The van der Waals surface area contributed by atoms with E-state index in [0.717, 1.165) is 56.8 Å². The molecule has 30 heavy (non-hydrogen) atoms. The molecule has 3 aromatic carbocycles. The van der Waals surface area contributed by atoms with E-state index in [1.807, 2.05) is 36.4 Å². The SMILES string of the molecule is Fc1ccc(OC(CCN2CCN(c3ccccc3)CC2)c2ccccc2)cc1F. The topological polar surface area (TPSA) is 15.7 Å². The highest BCUT2D eigenvalue weighted by Gasteiger charge is 2.20. The molecule has 0 radical (unpaired) electrons. The lowest BCUT2D eigenvalue weighted by Gasteiger charge is -2.36. The first kappa shape index (κ1) is 20.4. The van der Waals surface area contributed by atoms with E-state index in [0.29, 0.717) is 5.75 Å². The van der Waals surface area contributed by atoms with Gasteiger partial charge in [-0.2, -0.15) is 0 Å². The van der Waals surface area contributed by atoms with Crippen LogP contribution in [0.4, 0.5) is 14.5 Å². The molecule has 4 rings (SSSR count). The van der Waals surface area contributed by atoms with Crippen molar-refractivity contribution in [2.24, 2.45) is 0 Å². The number of ether oxygens (including phenoxy) is 1. The Morgan fingerprint density at radius 2 is 1.43 bits per heavy atom. The smallest absolute Gasteiger partial charge is 0.162 e. The van der Waals surface area contributed by atoms with Gasteiger partial charge in [0.2, 0.25) is 0 Å². The van der Waals surface area contributed by atoms with Gasteiger partial charge in [-0.15, -0.1) is 0 Å². The minimum Gasteiger partial charge on any atom is -0.486 e. The van der Waals surface area contributed by atoms with Crippen molar-refractivity contribution in [1.82, 2.24) is 4.90 Å². The van der Waals surface area contributed by atoms with E-state index in [-0.39, 0.29) is 6.10 Å². The molecule has 0 spiro atoms. The summed E-state index contributed by atoms with van der Waals surface area (Å²) >= 11 is 0. The van der Waals surface area contributed by atoms with Gasteiger partial charge in [0.05, 0.1) is 0 Å². The van der Waals surface area contributed by atoms with Gasteiger partial charge in [-0.25, -0.2) is 8.78 Å². The average Bonchev–Trinajstić information content (AvgIpc) is 2.80. The van der Waals surface area contributed by atoms with Crippen molar-refractivity contribution in [3.8, 4) is 5.75 Å². The Morgan fingerprint density at radius 1 is 0.767 bits per heavy atom. The van der Waals surface area contributed by atoms with Crippen LogP contribution in [0.15, 0.2) is 78.9 Å². The molecule has 0 amide bonds. The Bertz CT molecular complexity index is 928. The van der Waals surface area contributed by atoms with Crippen LogP contribution in [0.5, 0.6) is 5.75 Å². The van der Waals surface area contributed by atoms with Crippen molar-refractivity contribution < 1.29 is 13.5 Å². The minimum absolute atomic E-state index is 0.219. The second-order valence-electron chi connectivity index (χ2n) is 7.55. The molecule has 0 saturated carbocycles. The van der Waals surface area contributed by atoms with Crippen molar-refractivity contribution in [1.29, 1.82) is 0 Å². The van der Waals surface area contributed by atoms with Crippen LogP contribution in [0.2, 0.25) is 0 Å². The van der Waals surface area contributed by atoms with Gasteiger partial charge in [-0.1, -0.05) is 48.5 Å². The van der Waals surface area contributed by atoms with Crippen LogP contribution in [0, 0.1) is 11.6 Å². The van der Waals surface area contributed by atoms with Crippen molar-refractivity contribution in [2.45, 2.75) is 12.5 Å². The zero-order valence-corrected chi connectivity index (χ0v) is 16.9. The molecule has 1 atom stereocenters. The number of piperazine rings is 1. The Kier molecular flexibility index (Phi) is 6.60. The fourth-order valence-corrected chi connectivity index (χ4v) is 3.84. The van der Waals surface area contributed by atoms with E-state index >= 15 is 0 Å². The van der Waals surface area contributed by atoms with Gasteiger partial charge in [0.1, 0.15) is 11.9 Å². The molecule has 1 aliphatic rings. The third-order valence-electron chi connectivity index (χ3n) is 5.54. The molecule has 1 unspecified atom stereocenters. The predicted molar refractivity (Wildman–Crippen MR) is 116 cm³/mol. The highest BCUT2D eigenvalue weighted by atomic mass is 19.2. The molecule has 0 bridgehead atoms. The average molecular weight is 408 g/mol. The standard InChI is InChI=1S/C25H26F2N2O/c26-23-12-11-22(19-24(23)27)30-25(20-7-3-1-4-8-20)13-14-28-15-17-29(18-16-28)21-9-5-2-6-10-21/h1-12,19,25H,13-18H2. The summed E-state index contributed by atoms with van der Waals surface area (Å²) < 4.78 is 33.0. The summed E-state index contributed by atoms with van der Waals surface area (Å²) in [6.07, 6.45) is 0.553. The Labute approximate surface area is 176 Å². The van der Waals surface area contributed by atoms with Gasteiger partial charge < -0.3 is 9.64 Å². The Balaban J connectivity index is 1.37. The molecule has 0 aliphatic carbocycles. The fraction of sp³-hybridized carbons (Fsp3) is 0.280. The summed E-state index contributed by atoms with van der Waals surface area (Å²) in [5.74, 6) is -1.41. The van der Waals surface area contributed by atoms with Crippen molar-refractivity contribution in [3.63, 3.8) is 0 Å². The first-order valence-corrected chi connectivity index (χ1v) is 10.4. The summed E-state index contributed by atoms with van der Waals surface area (Å²) in [5, 5.41) is 0. The molecule has 156 valence electrons. The number of halogens is 2. The van der Waals surface area contributed by atoms with Gasteiger partial charge in [0.25, 0.3) is 0 Å². The molecule has 3 nitrogen and oxygen atoms in total. The maximum absolute atomic E-state index is 13.6. The van der Waals surface area contributed by atoms with E-state index in [2.05, 4.69) is 34.1 Å². The number of hydrogen-bond acceptors (Lipinski definition) is 3. The molecule has 1 fully saturated rings. The third-order valence-corrected chi connectivity index (χ3v) is 5.54. The van der Waals surface area contributed by atoms with Gasteiger partial charge in [-0.05, 0) is 29.8 Å². The van der Waals surface area contributed by atoms with E-state index in [9.17, 15) is 8.78 Å². The van der Waals surface area contributed by atoms with Crippen molar-refractivity contribution in [3.05, 3.63) is 96.1 Å². The van der Waals surface area contributed by atoms with Gasteiger partial charge in [0, 0.05) is 50.9 Å². The lowest BCUT2D eigenvalue weighted by Crippen LogP contribution is -2.46. The van der Waals surface area contributed by atoms with Crippen LogP contribution in [0.3, 0.4) is 0 Å². The molecular weight excluding hydrogens is 382 g/mol. The maximum atomic E-state index is 13.6. The summed E-state index contributed by atoms with van der Waals surface area (Å²) in [4.78, 5) is 4.84. The molecule has 1 heterocycles. The third kappa shape index (κ3) is 5.16.